The van der Waals surface area contributed by atoms with Crippen molar-refractivity contribution >= 4 is 13.8 Å². The van der Waals surface area contributed by atoms with Crippen LogP contribution in [0.3, 0.4) is 0 Å². The van der Waals surface area contributed by atoms with Gasteiger partial charge in [-0.15, -0.1) is 0 Å². The number of hydrogen-bond donors (Lipinski definition) is 1. The van der Waals surface area contributed by atoms with Gasteiger partial charge in [-0.25, -0.2) is 0 Å². The number of aliphatic carboxylic acids is 1. The predicted molar refractivity (Wildman–Crippen MR) is 29.5 cm³/mol. The van der Waals surface area contributed by atoms with E-state index in [0.717, 1.165) is 0 Å². The van der Waals surface area contributed by atoms with E-state index >= 15 is 0 Å². The van der Waals surface area contributed by atoms with Crippen LogP contribution < -0.4 is 0 Å². The standard InChI is InChI=1S/C3H6O2.CH3B/c1-2-3(4)5;1-2/h2H2,1H3,(H,4,5);1H3. The van der Waals surface area contributed by atoms with Gasteiger partial charge in [0.25, 0.3) is 0 Å². The first-order valence-electron chi connectivity index (χ1n) is 2.07. The second-order valence-electron chi connectivity index (χ2n) is 0.747. The fourth-order valence-electron chi connectivity index (χ4n) is 0. The predicted octanol–water partition coefficient (Wildman–Crippen LogP) is 0.684. The molecule has 0 unspecified atom stereocenters. The molecule has 0 aliphatic heterocycles. The van der Waals surface area contributed by atoms with E-state index < -0.39 is 5.97 Å². The lowest BCUT2D eigenvalue weighted by Crippen LogP contribution is -1.86. The highest BCUT2D eigenvalue weighted by molar-refractivity contribution is 6.05. The van der Waals surface area contributed by atoms with Crippen molar-refractivity contribution < 1.29 is 9.90 Å². The van der Waals surface area contributed by atoms with Crippen molar-refractivity contribution in [1.82, 2.24) is 0 Å². The molecule has 2 radical (unpaired) electrons. The third-order valence-electron chi connectivity index (χ3n) is 0.302. The Bertz CT molecular complexity index is 45.0. The number of rotatable bonds is 1. The van der Waals surface area contributed by atoms with E-state index in [1.165, 1.54) is 6.82 Å². The fraction of sp³-hybridized carbons (Fsp3) is 0.750. The van der Waals surface area contributed by atoms with Crippen molar-refractivity contribution in [1.29, 1.82) is 0 Å². The number of carboxylic acid groups (broad SMARTS) is 1. The SMILES string of the molecule is CCC(=O)O.[B]C. The Morgan fingerprint density at radius 2 is 1.86 bits per heavy atom. The van der Waals surface area contributed by atoms with Crippen molar-refractivity contribution in [3.05, 3.63) is 0 Å². The highest BCUT2D eigenvalue weighted by Gasteiger charge is 1.80. The van der Waals surface area contributed by atoms with Gasteiger partial charge in [0.15, 0.2) is 0 Å². The molecule has 1 N–H and O–H groups in total. The molecule has 0 aromatic rings. The zero-order valence-corrected chi connectivity index (χ0v) is 4.64. The average Bonchev–Trinajstić information content (AvgIpc) is 1.73. The number of carbonyl (C=O) groups is 1. The van der Waals surface area contributed by atoms with Crippen molar-refractivity contribution in [2.45, 2.75) is 20.2 Å². The minimum Gasteiger partial charge on any atom is -0.481 e. The summed E-state index contributed by atoms with van der Waals surface area (Å²) in [7, 11) is 4.50. The van der Waals surface area contributed by atoms with Crippen LogP contribution in [0.15, 0.2) is 0 Å². The zero-order chi connectivity index (χ0) is 6.28. The van der Waals surface area contributed by atoms with Gasteiger partial charge in [0.2, 0.25) is 0 Å². The van der Waals surface area contributed by atoms with Gasteiger partial charge in [-0.3, -0.25) is 4.79 Å². The lowest BCUT2D eigenvalue weighted by atomic mass is 10.2. The summed E-state index contributed by atoms with van der Waals surface area (Å²) in [6, 6.07) is 0. The van der Waals surface area contributed by atoms with E-state index in [1.54, 1.807) is 6.92 Å². The van der Waals surface area contributed by atoms with Gasteiger partial charge in [0.1, 0.15) is 0 Å². The molecule has 0 heterocycles. The summed E-state index contributed by atoms with van der Waals surface area (Å²) in [5.74, 6) is -0.745. The summed E-state index contributed by atoms with van der Waals surface area (Å²) in [4.78, 5) is 9.37. The monoisotopic (exact) mass is 100 g/mol. The van der Waals surface area contributed by atoms with E-state index in [9.17, 15) is 4.79 Å². The van der Waals surface area contributed by atoms with E-state index in [2.05, 4.69) is 7.85 Å². The van der Waals surface area contributed by atoms with Gasteiger partial charge in [-0.2, -0.15) is 0 Å². The molecule has 0 spiro atoms. The number of carboxylic acids is 1. The Morgan fingerprint density at radius 3 is 1.86 bits per heavy atom. The van der Waals surface area contributed by atoms with Crippen LogP contribution in [0, 0.1) is 0 Å². The van der Waals surface area contributed by atoms with Gasteiger partial charge < -0.3 is 5.11 Å². The second-order valence-corrected chi connectivity index (χ2v) is 0.747. The van der Waals surface area contributed by atoms with Crippen LogP contribution in [0.4, 0.5) is 0 Å². The lowest BCUT2D eigenvalue weighted by molar-refractivity contribution is -0.136. The molecule has 0 aliphatic rings. The molecule has 2 nitrogen and oxygen atoms in total. The van der Waals surface area contributed by atoms with Crippen LogP contribution in [0.25, 0.3) is 0 Å². The van der Waals surface area contributed by atoms with Crippen LogP contribution in [-0.2, 0) is 4.79 Å². The third-order valence-corrected chi connectivity index (χ3v) is 0.302. The summed E-state index contributed by atoms with van der Waals surface area (Å²) >= 11 is 0. The molecule has 0 aliphatic carbocycles. The Kier molecular flexibility index (Phi) is 12.7. The molecule has 0 atom stereocenters. The van der Waals surface area contributed by atoms with Gasteiger partial charge in [-0.05, 0) is 0 Å². The molecule has 0 aromatic carbocycles. The highest BCUT2D eigenvalue weighted by atomic mass is 16.4. The quantitative estimate of drug-likeness (QED) is 0.492. The van der Waals surface area contributed by atoms with Gasteiger partial charge >= 0.3 is 5.97 Å². The first-order chi connectivity index (χ1) is 3.27. The lowest BCUT2D eigenvalue weighted by Gasteiger charge is -1.71. The molecule has 3 heteroatoms. The van der Waals surface area contributed by atoms with Crippen LogP contribution in [0.5, 0.6) is 0 Å². The van der Waals surface area contributed by atoms with E-state index in [4.69, 9.17) is 5.11 Å². The minimum atomic E-state index is -0.745. The smallest absolute Gasteiger partial charge is 0.303 e. The highest BCUT2D eigenvalue weighted by Crippen LogP contribution is 1.67. The summed E-state index contributed by atoms with van der Waals surface area (Å²) in [5.41, 5.74) is 0. The molecular formula is C4H9BO2. The topological polar surface area (TPSA) is 37.3 Å². The van der Waals surface area contributed by atoms with Gasteiger partial charge in [0, 0.05) is 6.42 Å². The minimum absolute atomic E-state index is 0.222. The van der Waals surface area contributed by atoms with Crippen LogP contribution in [-0.4, -0.2) is 18.9 Å². The molecule has 0 rings (SSSR count). The Balaban J connectivity index is 0. The summed E-state index contributed by atoms with van der Waals surface area (Å²) in [6.45, 7) is 3.10. The molecular weight excluding hydrogens is 90.9 g/mol. The largest absolute Gasteiger partial charge is 0.481 e. The normalized spacial score (nSPS) is 6.00. The molecule has 0 fully saturated rings. The molecule has 0 saturated heterocycles. The molecule has 0 aromatic heterocycles. The van der Waals surface area contributed by atoms with Crippen LogP contribution >= 0.6 is 0 Å². The maximum Gasteiger partial charge on any atom is 0.303 e. The zero-order valence-electron chi connectivity index (χ0n) is 4.64. The Hall–Kier alpha value is -0.465. The Labute approximate surface area is 44.9 Å². The van der Waals surface area contributed by atoms with Crippen LogP contribution in [0.2, 0.25) is 6.82 Å². The summed E-state index contributed by atoms with van der Waals surface area (Å²) in [5, 5.41) is 7.72. The molecule has 0 amide bonds. The van der Waals surface area contributed by atoms with Crippen molar-refractivity contribution in [2.75, 3.05) is 0 Å². The molecule has 0 saturated carbocycles. The fourth-order valence-corrected chi connectivity index (χ4v) is 0. The Morgan fingerprint density at radius 1 is 1.71 bits per heavy atom. The van der Waals surface area contributed by atoms with Crippen molar-refractivity contribution in [3.63, 3.8) is 0 Å². The maximum atomic E-state index is 9.37. The summed E-state index contributed by atoms with van der Waals surface area (Å²) in [6.07, 6.45) is 0.222. The molecule has 7 heavy (non-hydrogen) atoms. The number of hydrogen-bond acceptors (Lipinski definition) is 1. The van der Waals surface area contributed by atoms with Gasteiger partial charge in [-0.1, -0.05) is 13.7 Å². The molecule has 40 valence electrons. The second kappa shape index (κ2) is 9.11. The summed E-state index contributed by atoms with van der Waals surface area (Å²) < 4.78 is 0. The van der Waals surface area contributed by atoms with Crippen LogP contribution in [0.1, 0.15) is 13.3 Å². The van der Waals surface area contributed by atoms with E-state index in [1.807, 2.05) is 0 Å². The van der Waals surface area contributed by atoms with Crippen molar-refractivity contribution in [2.24, 2.45) is 0 Å². The van der Waals surface area contributed by atoms with Gasteiger partial charge in [0.05, 0.1) is 7.85 Å². The maximum absolute atomic E-state index is 9.37. The first-order valence-corrected chi connectivity index (χ1v) is 2.07. The van der Waals surface area contributed by atoms with E-state index in [0.29, 0.717) is 0 Å². The third kappa shape index (κ3) is 29.4. The van der Waals surface area contributed by atoms with E-state index in [-0.39, 0.29) is 6.42 Å². The van der Waals surface area contributed by atoms with Crippen molar-refractivity contribution in [3.8, 4) is 0 Å². The molecule has 0 bridgehead atoms. The first kappa shape index (κ1) is 9.73. The average molecular weight is 99.9 g/mol.